The number of rotatable bonds is 3. The molecule has 0 bridgehead atoms. The molecule has 1 aliphatic carbocycles. The summed E-state index contributed by atoms with van der Waals surface area (Å²) < 4.78 is 1.55. The molecule has 0 heterocycles. The van der Waals surface area contributed by atoms with Crippen molar-refractivity contribution in [3.63, 3.8) is 0 Å². The van der Waals surface area contributed by atoms with E-state index < -0.39 is 17.8 Å². The summed E-state index contributed by atoms with van der Waals surface area (Å²) in [6, 6.07) is 3.78. The SMILES string of the molecule is Cc1cc(Br)c(NC(=O)C2CC2C(=O)O)c(Br)c1. The van der Waals surface area contributed by atoms with Crippen LogP contribution in [-0.4, -0.2) is 17.0 Å². The third kappa shape index (κ3) is 2.75. The lowest BCUT2D eigenvalue weighted by Crippen LogP contribution is -2.17. The van der Waals surface area contributed by atoms with Crippen LogP contribution >= 0.6 is 31.9 Å². The number of carboxylic acid groups (broad SMARTS) is 1. The molecule has 0 aliphatic heterocycles. The number of hydrogen-bond donors (Lipinski definition) is 2. The predicted molar refractivity (Wildman–Crippen MR) is 74.4 cm³/mol. The van der Waals surface area contributed by atoms with Crippen LogP contribution in [0.25, 0.3) is 0 Å². The van der Waals surface area contributed by atoms with Gasteiger partial charge >= 0.3 is 5.97 Å². The van der Waals surface area contributed by atoms with E-state index in [1.165, 1.54) is 0 Å². The molecule has 1 aliphatic rings. The Balaban J connectivity index is 2.11. The van der Waals surface area contributed by atoms with Gasteiger partial charge in [-0.25, -0.2) is 0 Å². The van der Waals surface area contributed by atoms with Crippen LogP contribution in [0.1, 0.15) is 12.0 Å². The first kappa shape index (κ1) is 13.5. The zero-order valence-electron chi connectivity index (χ0n) is 9.54. The number of aryl methyl sites for hydroxylation is 1. The molecule has 0 spiro atoms. The maximum atomic E-state index is 11.9. The predicted octanol–water partition coefficient (Wildman–Crippen LogP) is 3.18. The summed E-state index contributed by atoms with van der Waals surface area (Å²) in [5.74, 6) is -2.10. The summed E-state index contributed by atoms with van der Waals surface area (Å²) in [5, 5.41) is 11.5. The Hall–Kier alpha value is -0.880. The average Bonchev–Trinajstić information content (AvgIpc) is 3.02. The highest BCUT2D eigenvalue weighted by atomic mass is 79.9. The van der Waals surface area contributed by atoms with E-state index >= 15 is 0 Å². The highest BCUT2D eigenvalue weighted by molar-refractivity contribution is 9.11. The Morgan fingerprint density at radius 2 is 1.83 bits per heavy atom. The molecule has 2 rings (SSSR count). The Labute approximate surface area is 121 Å². The Kier molecular flexibility index (Phi) is 3.77. The normalized spacial score (nSPS) is 21.5. The van der Waals surface area contributed by atoms with E-state index in [0.717, 1.165) is 14.5 Å². The summed E-state index contributed by atoms with van der Waals surface area (Å²) in [6.07, 6.45) is 0.419. The van der Waals surface area contributed by atoms with Gasteiger partial charge in [0.05, 0.1) is 17.5 Å². The molecule has 96 valence electrons. The molecule has 4 nitrogen and oxygen atoms in total. The Morgan fingerprint density at radius 1 is 1.28 bits per heavy atom. The van der Waals surface area contributed by atoms with Crippen LogP contribution in [0.4, 0.5) is 5.69 Å². The number of anilines is 1. The lowest BCUT2D eigenvalue weighted by atomic mass is 10.2. The molecular formula is C12H11Br2NO3. The van der Waals surface area contributed by atoms with Crippen molar-refractivity contribution in [1.29, 1.82) is 0 Å². The molecule has 1 amide bonds. The molecule has 0 radical (unpaired) electrons. The van der Waals surface area contributed by atoms with Crippen molar-refractivity contribution >= 4 is 49.4 Å². The van der Waals surface area contributed by atoms with Crippen molar-refractivity contribution < 1.29 is 14.7 Å². The van der Waals surface area contributed by atoms with E-state index in [0.29, 0.717) is 12.1 Å². The van der Waals surface area contributed by atoms with E-state index in [4.69, 9.17) is 5.11 Å². The van der Waals surface area contributed by atoms with Crippen LogP contribution in [0, 0.1) is 18.8 Å². The molecule has 0 saturated heterocycles. The van der Waals surface area contributed by atoms with Gasteiger partial charge < -0.3 is 10.4 Å². The van der Waals surface area contributed by atoms with Gasteiger partial charge in [0.2, 0.25) is 5.91 Å². The molecule has 6 heteroatoms. The van der Waals surface area contributed by atoms with Gasteiger partial charge in [-0.05, 0) is 62.9 Å². The number of carbonyl (C=O) groups is 2. The molecule has 2 atom stereocenters. The molecule has 1 aromatic rings. The molecule has 1 aromatic carbocycles. The lowest BCUT2D eigenvalue weighted by molar-refractivity contribution is -0.139. The third-order valence-corrected chi connectivity index (χ3v) is 4.13. The van der Waals surface area contributed by atoms with Crippen molar-refractivity contribution in [2.24, 2.45) is 11.8 Å². The number of halogens is 2. The van der Waals surface area contributed by atoms with Crippen molar-refractivity contribution in [1.82, 2.24) is 0 Å². The summed E-state index contributed by atoms with van der Waals surface area (Å²) in [4.78, 5) is 22.6. The molecule has 1 saturated carbocycles. The fourth-order valence-electron chi connectivity index (χ4n) is 1.79. The molecule has 0 aromatic heterocycles. The van der Waals surface area contributed by atoms with Crippen LogP contribution in [0.5, 0.6) is 0 Å². The number of hydrogen-bond acceptors (Lipinski definition) is 2. The summed E-state index contributed by atoms with van der Waals surface area (Å²) in [7, 11) is 0. The molecule has 2 unspecified atom stereocenters. The molecule has 2 N–H and O–H groups in total. The third-order valence-electron chi connectivity index (χ3n) is 2.88. The van der Waals surface area contributed by atoms with Gasteiger partial charge in [0, 0.05) is 8.95 Å². The highest BCUT2D eigenvalue weighted by Gasteiger charge is 2.48. The van der Waals surface area contributed by atoms with Gasteiger partial charge in [-0.3, -0.25) is 9.59 Å². The Bertz CT molecular complexity index is 507. The largest absolute Gasteiger partial charge is 0.481 e. The van der Waals surface area contributed by atoms with Crippen LogP contribution in [0.3, 0.4) is 0 Å². The van der Waals surface area contributed by atoms with Crippen LogP contribution < -0.4 is 5.32 Å². The van der Waals surface area contributed by atoms with Gasteiger partial charge in [0.1, 0.15) is 0 Å². The average molecular weight is 377 g/mol. The van der Waals surface area contributed by atoms with Crippen LogP contribution in [0.15, 0.2) is 21.1 Å². The second-order valence-electron chi connectivity index (χ2n) is 4.38. The molecule has 18 heavy (non-hydrogen) atoms. The van der Waals surface area contributed by atoms with Gasteiger partial charge in [-0.1, -0.05) is 0 Å². The number of carboxylic acids is 1. The van der Waals surface area contributed by atoms with Crippen molar-refractivity contribution in [3.05, 3.63) is 26.6 Å². The maximum Gasteiger partial charge on any atom is 0.307 e. The highest BCUT2D eigenvalue weighted by Crippen LogP contribution is 2.41. The van der Waals surface area contributed by atoms with Gasteiger partial charge in [0.25, 0.3) is 0 Å². The van der Waals surface area contributed by atoms with Crippen molar-refractivity contribution in [2.75, 3.05) is 5.32 Å². The summed E-state index contributed by atoms with van der Waals surface area (Å²) >= 11 is 6.76. The summed E-state index contributed by atoms with van der Waals surface area (Å²) in [5.41, 5.74) is 1.70. The van der Waals surface area contributed by atoms with Crippen LogP contribution in [-0.2, 0) is 9.59 Å². The number of nitrogens with one attached hydrogen (secondary N) is 1. The first-order valence-corrected chi connectivity index (χ1v) is 6.98. The second-order valence-corrected chi connectivity index (χ2v) is 6.09. The van der Waals surface area contributed by atoms with Gasteiger partial charge in [0.15, 0.2) is 0 Å². The minimum Gasteiger partial charge on any atom is -0.481 e. The van der Waals surface area contributed by atoms with E-state index in [9.17, 15) is 9.59 Å². The van der Waals surface area contributed by atoms with Crippen LogP contribution in [0.2, 0.25) is 0 Å². The molecular weight excluding hydrogens is 366 g/mol. The number of amides is 1. The smallest absolute Gasteiger partial charge is 0.307 e. The monoisotopic (exact) mass is 375 g/mol. The Morgan fingerprint density at radius 3 is 2.28 bits per heavy atom. The number of carbonyl (C=O) groups excluding carboxylic acids is 1. The molecule has 1 fully saturated rings. The second kappa shape index (κ2) is 5.01. The zero-order chi connectivity index (χ0) is 13.4. The van der Waals surface area contributed by atoms with Crippen molar-refractivity contribution in [3.8, 4) is 0 Å². The number of benzene rings is 1. The standard InChI is InChI=1S/C12H11Br2NO3/c1-5-2-8(13)10(9(14)3-5)15-11(16)6-4-7(6)12(17)18/h2-3,6-7H,4H2,1H3,(H,15,16)(H,17,18). The topological polar surface area (TPSA) is 66.4 Å². The van der Waals surface area contributed by atoms with Crippen molar-refractivity contribution in [2.45, 2.75) is 13.3 Å². The lowest BCUT2D eigenvalue weighted by Gasteiger charge is -2.10. The van der Waals surface area contributed by atoms with E-state index in [1.807, 2.05) is 19.1 Å². The van der Waals surface area contributed by atoms with E-state index in [-0.39, 0.29) is 5.91 Å². The minimum absolute atomic E-state index is 0.243. The van der Waals surface area contributed by atoms with Gasteiger partial charge in [-0.15, -0.1) is 0 Å². The van der Waals surface area contributed by atoms with E-state index in [2.05, 4.69) is 37.2 Å². The quantitative estimate of drug-likeness (QED) is 0.851. The number of aliphatic carboxylic acids is 1. The minimum atomic E-state index is -0.905. The fraction of sp³-hybridized carbons (Fsp3) is 0.333. The zero-order valence-corrected chi connectivity index (χ0v) is 12.7. The fourth-order valence-corrected chi connectivity index (χ4v) is 3.41. The first-order valence-electron chi connectivity index (χ1n) is 5.39. The summed E-state index contributed by atoms with van der Waals surface area (Å²) in [6.45, 7) is 1.95. The van der Waals surface area contributed by atoms with E-state index in [1.54, 1.807) is 0 Å². The van der Waals surface area contributed by atoms with Gasteiger partial charge in [-0.2, -0.15) is 0 Å². The first-order chi connectivity index (χ1) is 8.40. The maximum absolute atomic E-state index is 11.9.